The number of nitrogens with one attached hydrogen (secondary N) is 1. The molecule has 98 valence electrons. The van der Waals surface area contributed by atoms with E-state index in [1.165, 1.54) is 23.5 Å². The molecule has 0 unspecified atom stereocenters. The number of anilines is 1. The molecule has 0 bridgehead atoms. The fourth-order valence-corrected chi connectivity index (χ4v) is 4.22. The van der Waals surface area contributed by atoms with Crippen LogP contribution >= 0.6 is 43.2 Å². The van der Waals surface area contributed by atoms with Crippen molar-refractivity contribution in [2.24, 2.45) is 0 Å². The zero-order chi connectivity index (χ0) is 14.0. The van der Waals surface area contributed by atoms with Crippen LogP contribution in [-0.4, -0.2) is 17.0 Å². The smallest absolute Gasteiger partial charge is 0.335 e. The van der Waals surface area contributed by atoms with E-state index in [0.717, 1.165) is 3.79 Å². The average molecular weight is 405 g/mol. The van der Waals surface area contributed by atoms with Crippen molar-refractivity contribution in [2.75, 3.05) is 5.32 Å². The third kappa shape index (κ3) is 3.43. The lowest BCUT2D eigenvalue weighted by Gasteiger charge is -2.05. The molecule has 0 aliphatic heterocycles. The fourth-order valence-electron chi connectivity index (χ4n) is 1.42. The summed E-state index contributed by atoms with van der Waals surface area (Å²) in [5, 5.41) is 11.5. The van der Waals surface area contributed by atoms with Gasteiger partial charge in [-0.3, -0.25) is 4.79 Å². The SMILES string of the molecule is O=C(O)c1cccc(NC(=O)c2cc(Br)sc2Br)c1. The third-order valence-electron chi connectivity index (χ3n) is 2.27. The number of hydrogen-bond acceptors (Lipinski definition) is 3. The molecule has 19 heavy (non-hydrogen) atoms. The maximum atomic E-state index is 12.0. The van der Waals surface area contributed by atoms with Crippen molar-refractivity contribution in [3.63, 3.8) is 0 Å². The van der Waals surface area contributed by atoms with Crippen LogP contribution in [0.5, 0.6) is 0 Å². The Morgan fingerprint density at radius 3 is 2.53 bits per heavy atom. The molecular formula is C12H7Br2NO3S. The number of carbonyl (C=O) groups is 2. The maximum Gasteiger partial charge on any atom is 0.335 e. The molecule has 0 saturated carbocycles. The van der Waals surface area contributed by atoms with Crippen LogP contribution in [0.1, 0.15) is 20.7 Å². The summed E-state index contributed by atoms with van der Waals surface area (Å²) in [6.45, 7) is 0. The highest BCUT2D eigenvalue weighted by molar-refractivity contribution is 9.12. The minimum atomic E-state index is -1.03. The van der Waals surface area contributed by atoms with Gasteiger partial charge in [-0.1, -0.05) is 6.07 Å². The molecule has 1 heterocycles. The first-order valence-corrected chi connectivity index (χ1v) is 7.47. The van der Waals surface area contributed by atoms with E-state index in [9.17, 15) is 9.59 Å². The summed E-state index contributed by atoms with van der Waals surface area (Å²) in [6, 6.07) is 7.80. The molecule has 0 fully saturated rings. The number of halogens is 2. The van der Waals surface area contributed by atoms with Crippen LogP contribution in [0.2, 0.25) is 0 Å². The summed E-state index contributed by atoms with van der Waals surface area (Å²) >= 11 is 8.00. The van der Waals surface area contributed by atoms with Gasteiger partial charge in [-0.05, 0) is 56.1 Å². The van der Waals surface area contributed by atoms with Gasteiger partial charge in [-0.2, -0.15) is 0 Å². The van der Waals surface area contributed by atoms with Crippen LogP contribution in [0.3, 0.4) is 0 Å². The van der Waals surface area contributed by atoms with Crippen molar-refractivity contribution < 1.29 is 14.7 Å². The molecule has 0 radical (unpaired) electrons. The van der Waals surface area contributed by atoms with Gasteiger partial charge in [0.1, 0.15) is 0 Å². The minimum Gasteiger partial charge on any atom is -0.478 e. The monoisotopic (exact) mass is 403 g/mol. The lowest BCUT2D eigenvalue weighted by molar-refractivity contribution is 0.0696. The first-order chi connectivity index (χ1) is 8.97. The van der Waals surface area contributed by atoms with Gasteiger partial charge in [0.15, 0.2) is 0 Å². The quantitative estimate of drug-likeness (QED) is 0.804. The van der Waals surface area contributed by atoms with Crippen molar-refractivity contribution >= 4 is 60.8 Å². The number of benzene rings is 1. The topological polar surface area (TPSA) is 66.4 Å². The maximum absolute atomic E-state index is 12.0. The minimum absolute atomic E-state index is 0.128. The molecule has 1 aromatic carbocycles. The Balaban J connectivity index is 2.21. The molecule has 0 saturated heterocycles. The van der Waals surface area contributed by atoms with E-state index in [1.54, 1.807) is 18.2 Å². The van der Waals surface area contributed by atoms with Gasteiger partial charge in [-0.25, -0.2) is 4.79 Å². The van der Waals surface area contributed by atoms with E-state index < -0.39 is 5.97 Å². The average Bonchev–Trinajstić information content (AvgIpc) is 2.69. The highest BCUT2D eigenvalue weighted by Crippen LogP contribution is 2.32. The summed E-state index contributed by atoms with van der Waals surface area (Å²) in [7, 11) is 0. The standard InChI is InChI=1S/C12H7Br2NO3S/c13-9-5-8(10(14)19-9)11(16)15-7-3-1-2-6(4-7)12(17)18/h1-5H,(H,15,16)(H,17,18). The van der Waals surface area contributed by atoms with E-state index >= 15 is 0 Å². The third-order valence-corrected chi connectivity index (χ3v) is 4.61. The Hall–Kier alpha value is -1.18. The van der Waals surface area contributed by atoms with E-state index in [0.29, 0.717) is 15.0 Å². The normalized spacial score (nSPS) is 10.2. The van der Waals surface area contributed by atoms with Crippen molar-refractivity contribution in [3.05, 3.63) is 49.0 Å². The Labute approximate surface area is 129 Å². The van der Waals surface area contributed by atoms with Crippen LogP contribution in [-0.2, 0) is 0 Å². The van der Waals surface area contributed by atoms with Crippen molar-refractivity contribution in [1.29, 1.82) is 0 Å². The number of amides is 1. The molecule has 0 atom stereocenters. The second kappa shape index (κ2) is 5.85. The summed E-state index contributed by atoms with van der Waals surface area (Å²) in [6.07, 6.45) is 0. The molecule has 0 spiro atoms. The second-order valence-electron chi connectivity index (χ2n) is 3.58. The van der Waals surface area contributed by atoms with Gasteiger partial charge >= 0.3 is 5.97 Å². The molecule has 1 aromatic heterocycles. The molecule has 1 amide bonds. The van der Waals surface area contributed by atoms with Crippen LogP contribution in [0, 0.1) is 0 Å². The summed E-state index contributed by atoms with van der Waals surface area (Å²) in [4.78, 5) is 22.9. The number of thiophene rings is 1. The van der Waals surface area contributed by atoms with Crippen LogP contribution in [0.15, 0.2) is 37.9 Å². The number of carbonyl (C=O) groups excluding carboxylic acids is 1. The van der Waals surface area contributed by atoms with E-state index in [4.69, 9.17) is 5.11 Å². The van der Waals surface area contributed by atoms with Gasteiger partial charge < -0.3 is 10.4 Å². The molecule has 0 aliphatic carbocycles. The van der Waals surface area contributed by atoms with Crippen LogP contribution in [0.25, 0.3) is 0 Å². The number of rotatable bonds is 3. The highest BCUT2D eigenvalue weighted by Gasteiger charge is 2.14. The predicted octanol–water partition coefficient (Wildman–Crippen LogP) is 4.22. The van der Waals surface area contributed by atoms with Crippen molar-refractivity contribution in [1.82, 2.24) is 0 Å². The summed E-state index contributed by atoms with van der Waals surface area (Å²) in [5.74, 6) is -1.33. The second-order valence-corrected chi connectivity index (χ2v) is 7.33. The van der Waals surface area contributed by atoms with Crippen LogP contribution < -0.4 is 5.32 Å². The van der Waals surface area contributed by atoms with E-state index in [-0.39, 0.29) is 11.5 Å². The summed E-state index contributed by atoms with van der Waals surface area (Å²) < 4.78 is 1.55. The predicted molar refractivity (Wildman–Crippen MR) is 81.1 cm³/mol. The lowest BCUT2D eigenvalue weighted by Crippen LogP contribution is -2.12. The zero-order valence-electron chi connectivity index (χ0n) is 9.31. The molecule has 7 heteroatoms. The first kappa shape index (κ1) is 14.2. The van der Waals surface area contributed by atoms with Gasteiger partial charge in [0, 0.05) is 5.69 Å². The molecule has 2 N–H and O–H groups in total. The molecular weight excluding hydrogens is 398 g/mol. The molecule has 2 aromatic rings. The van der Waals surface area contributed by atoms with Gasteiger partial charge in [-0.15, -0.1) is 11.3 Å². The molecule has 0 aliphatic rings. The number of carboxylic acids is 1. The van der Waals surface area contributed by atoms with Gasteiger partial charge in [0.2, 0.25) is 0 Å². The summed E-state index contributed by atoms with van der Waals surface area (Å²) in [5.41, 5.74) is 1.07. The van der Waals surface area contributed by atoms with Crippen molar-refractivity contribution in [3.8, 4) is 0 Å². The van der Waals surface area contributed by atoms with Gasteiger partial charge in [0.25, 0.3) is 5.91 Å². The largest absolute Gasteiger partial charge is 0.478 e. The Morgan fingerprint density at radius 1 is 1.21 bits per heavy atom. The molecule has 2 rings (SSSR count). The fraction of sp³-hybridized carbons (Fsp3) is 0. The van der Waals surface area contributed by atoms with Crippen LogP contribution in [0.4, 0.5) is 5.69 Å². The highest BCUT2D eigenvalue weighted by atomic mass is 79.9. The number of hydrogen-bond donors (Lipinski definition) is 2. The lowest BCUT2D eigenvalue weighted by atomic mass is 10.2. The molecule has 4 nitrogen and oxygen atoms in total. The number of carboxylic acid groups (broad SMARTS) is 1. The Bertz CT molecular complexity index is 654. The van der Waals surface area contributed by atoms with E-state index in [1.807, 2.05) is 0 Å². The Morgan fingerprint density at radius 2 is 1.95 bits per heavy atom. The van der Waals surface area contributed by atoms with E-state index in [2.05, 4.69) is 37.2 Å². The Kier molecular flexibility index (Phi) is 4.38. The first-order valence-electron chi connectivity index (χ1n) is 5.07. The number of aromatic carboxylic acids is 1. The van der Waals surface area contributed by atoms with Gasteiger partial charge in [0.05, 0.1) is 18.7 Å². The zero-order valence-corrected chi connectivity index (χ0v) is 13.3. The van der Waals surface area contributed by atoms with Crippen molar-refractivity contribution in [2.45, 2.75) is 0 Å².